The Morgan fingerprint density at radius 2 is 2.29 bits per heavy atom. The number of rotatable bonds is 6. The minimum atomic E-state index is 0.00827. The van der Waals surface area contributed by atoms with Crippen LogP contribution in [0.25, 0.3) is 0 Å². The average molecular weight is 328 g/mol. The van der Waals surface area contributed by atoms with Gasteiger partial charge in [0.2, 0.25) is 0 Å². The summed E-state index contributed by atoms with van der Waals surface area (Å²) >= 11 is 0. The van der Waals surface area contributed by atoms with E-state index >= 15 is 0 Å². The minimum Gasteiger partial charge on any atom is -0.483 e. The highest BCUT2D eigenvalue weighted by Crippen LogP contribution is 2.20. The van der Waals surface area contributed by atoms with Crippen LogP contribution in [0.5, 0.6) is 5.75 Å². The van der Waals surface area contributed by atoms with Crippen LogP contribution in [0.1, 0.15) is 30.3 Å². The van der Waals surface area contributed by atoms with Gasteiger partial charge in [-0.05, 0) is 37.8 Å². The van der Waals surface area contributed by atoms with E-state index in [0.29, 0.717) is 13.2 Å². The van der Waals surface area contributed by atoms with Gasteiger partial charge >= 0.3 is 0 Å². The Hall–Kier alpha value is -1.92. The predicted molar refractivity (Wildman–Crippen MR) is 90.0 cm³/mol. The molecular formula is C18H24N4O2. The van der Waals surface area contributed by atoms with Crippen molar-refractivity contribution in [1.82, 2.24) is 20.1 Å². The quantitative estimate of drug-likeness (QED) is 0.875. The molecule has 0 radical (unpaired) electrons. The second kappa shape index (κ2) is 6.91. The molecule has 1 fully saturated rings. The molecule has 0 bridgehead atoms. The van der Waals surface area contributed by atoms with E-state index in [-0.39, 0.29) is 12.1 Å². The second-order valence-electron chi connectivity index (χ2n) is 6.47. The van der Waals surface area contributed by atoms with E-state index in [9.17, 15) is 0 Å². The molecular weight excluding hydrogens is 304 g/mol. The zero-order valence-corrected chi connectivity index (χ0v) is 14.1. The van der Waals surface area contributed by atoms with E-state index < -0.39 is 0 Å². The van der Waals surface area contributed by atoms with Crippen LogP contribution in [0, 0.1) is 0 Å². The van der Waals surface area contributed by atoms with Crippen molar-refractivity contribution < 1.29 is 9.47 Å². The van der Waals surface area contributed by atoms with Crippen LogP contribution in [0.15, 0.2) is 24.5 Å². The molecule has 6 heteroatoms. The summed E-state index contributed by atoms with van der Waals surface area (Å²) in [5.74, 6) is 0.801. The van der Waals surface area contributed by atoms with Crippen molar-refractivity contribution in [3.63, 3.8) is 0 Å². The highest BCUT2D eigenvalue weighted by Gasteiger charge is 2.30. The Morgan fingerprint density at radius 3 is 3.17 bits per heavy atom. The molecule has 24 heavy (non-hydrogen) atoms. The number of fused-ring (bicyclic) bond motifs is 1. The van der Waals surface area contributed by atoms with Gasteiger partial charge in [-0.3, -0.25) is 9.67 Å². The largest absolute Gasteiger partial charge is 0.483 e. The molecule has 1 saturated heterocycles. The SMILES string of the molecule is CCn1cc(O[C@@H]2COC[C@@H]2NCc2ccc3c(n2)CCC3)cn1. The maximum absolute atomic E-state index is 6.04. The van der Waals surface area contributed by atoms with Gasteiger partial charge < -0.3 is 14.8 Å². The van der Waals surface area contributed by atoms with E-state index in [4.69, 9.17) is 14.5 Å². The highest BCUT2D eigenvalue weighted by atomic mass is 16.5. The van der Waals surface area contributed by atoms with Gasteiger partial charge in [0.25, 0.3) is 0 Å². The Morgan fingerprint density at radius 1 is 1.33 bits per heavy atom. The van der Waals surface area contributed by atoms with E-state index in [2.05, 4.69) is 29.5 Å². The number of ether oxygens (including phenoxy) is 2. The van der Waals surface area contributed by atoms with Gasteiger partial charge in [-0.2, -0.15) is 5.10 Å². The minimum absolute atomic E-state index is 0.00827. The van der Waals surface area contributed by atoms with Crippen molar-refractivity contribution in [3.8, 4) is 5.75 Å². The van der Waals surface area contributed by atoms with Crippen molar-refractivity contribution in [3.05, 3.63) is 41.5 Å². The van der Waals surface area contributed by atoms with Crippen LogP contribution in [-0.2, 0) is 30.7 Å². The van der Waals surface area contributed by atoms with Crippen LogP contribution >= 0.6 is 0 Å². The van der Waals surface area contributed by atoms with Crippen LogP contribution in [0.3, 0.4) is 0 Å². The van der Waals surface area contributed by atoms with E-state index in [1.807, 2.05) is 10.9 Å². The van der Waals surface area contributed by atoms with Crippen LogP contribution in [-0.4, -0.2) is 40.1 Å². The molecule has 0 aromatic carbocycles. The van der Waals surface area contributed by atoms with Crippen LogP contribution in [0.4, 0.5) is 0 Å². The Bertz CT molecular complexity index is 700. The summed E-state index contributed by atoms with van der Waals surface area (Å²) in [5.41, 5.74) is 3.79. The normalized spacial score (nSPS) is 22.7. The van der Waals surface area contributed by atoms with Gasteiger partial charge in [-0.1, -0.05) is 6.07 Å². The third kappa shape index (κ3) is 3.30. The molecule has 2 aromatic rings. The van der Waals surface area contributed by atoms with Crippen LogP contribution in [0.2, 0.25) is 0 Å². The Balaban J connectivity index is 1.35. The van der Waals surface area contributed by atoms with E-state index in [0.717, 1.165) is 31.0 Å². The van der Waals surface area contributed by atoms with Gasteiger partial charge in [0.15, 0.2) is 5.75 Å². The third-order valence-corrected chi connectivity index (χ3v) is 4.78. The van der Waals surface area contributed by atoms with E-state index in [1.54, 1.807) is 6.20 Å². The zero-order chi connectivity index (χ0) is 16.4. The lowest BCUT2D eigenvalue weighted by atomic mass is 10.2. The van der Waals surface area contributed by atoms with Gasteiger partial charge in [-0.15, -0.1) is 0 Å². The maximum atomic E-state index is 6.04. The molecule has 1 aliphatic heterocycles. The first-order valence-corrected chi connectivity index (χ1v) is 8.79. The molecule has 2 aliphatic rings. The summed E-state index contributed by atoms with van der Waals surface area (Å²) < 4.78 is 13.5. The molecule has 0 saturated carbocycles. The first kappa shape index (κ1) is 15.6. The predicted octanol–water partition coefficient (Wildman–Crippen LogP) is 1.72. The maximum Gasteiger partial charge on any atom is 0.157 e. The van der Waals surface area contributed by atoms with Crippen molar-refractivity contribution in [2.24, 2.45) is 0 Å². The average Bonchev–Trinajstić information content (AvgIpc) is 3.33. The zero-order valence-electron chi connectivity index (χ0n) is 14.1. The van der Waals surface area contributed by atoms with Gasteiger partial charge in [-0.25, -0.2) is 0 Å². The molecule has 1 aliphatic carbocycles. The van der Waals surface area contributed by atoms with Crippen molar-refractivity contribution in [1.29, 1.82) is 0 Å². The third-order valence-electron chi connectivity index (χ3n) is 4.78. The number of aryl methyl sites for hydroxylation is 3. The standard InChI is InChI=1S/C18H24N4O2/c1-2-22-10-15(9-20-22)24-18-12-23-11-17(18)19-8-14-7-6-13-4-3-5-16(13)21-14/h6-7,9-10,17-19H,2-5,8,11-12H2,1H3/t17-,18+/m0/s1. The molecule has 0 spiro atoms. The fourth-order valence-corrected chi connectivity index (χ4v) is 3.39. The van der Waals surface area contributed by atoms with Gasteiger partial charge in [0.1, 0.15) is 6.10 Å². The molecule has 4 rings (SSSR count). The lowest BCUT2D eigenvalue weighted by molar-refractivity contribution is 0.139. The smallest absolute Gasteiger partial charge is 0.157 e. The highest BCUT2D eigenvalue weighted by molar-refractivity contribution is 5.27. The number of aromatic nitrogens is 3. The molecule has 128 valence electrons. The van der Waals surface area contributed by atoms with Crippen molar-refractivity contribution >= 4 is 0 Å². The molecule has 0 amide bonds. The number of nitrogens with zero attached hydrogens (tertiary/aromatic N) is 3. The first-order chi connectivity index (χ1) is 11.8. The molecule has 1 N–H and O–H groups in total. The van der Waals surface area contributed by atoms with E-state index in [1.165, 1.54) is 24.1 Å². The Kier molecular flexibility index (Phi) is 4.49. The van der Waals surface area contributed by atoms with Gasteiger partial charge in [0.05, 0.1) is 37.3 Å². The summed E-state index contributed by atoms with van der Waals surface area (Å²) in [6.07, 6.45) is 7.22. The van der Waals surface area contributed by atoms with Crippen LogP contribution < -0.4 is 10.1 Å². The summed E-state index contributed by atoms with van der Waals surface area (Å²) in [6.45, 7) is 4.92. The lowest BCUT2D eigenvalue weighted by Gasteiger charge is -2.19. The molecule has 0 unspecified atom stereocenters. The fraction of sp³-hybridized carbons (Fsp3) is 0.556. The molecule has 2 atom stereocenters. The molecule has 6 nitrogen and oxygen atoms in total. The number of hydrogen-bond donors (Lipinski definition) is 1. The first-order valence-electron chi connectivity index (χ1n) is 8.79. The summed E-state index contributed by atoms with van der Waals surface area (Å²) in [7, 11) is 0. The number of hydrogen-bond acceptors (Lipinski definition) is 5. The van der Waals surface area contributed by atoms with Crippen molar-refractivity contribution in [2.45, 2.75) is 51.4 Å². The molecule has 2 aromatic heterocycles. The number of pyridine rings is 1. The van der Waals surface area contributed by atoms with Crippen molar-refractivity contribution in [2.75, 3.05) is 13.2 Å². The molecule has 3 heterocycles. The van der Waals surface area contributed by atoms with Gasteiger partial charge in [0, 0.05) is 18.8 Å². The second-order valence-corrected chi connectivity index (χ2v) is 6.47. The number of nitrogens with one attached hydrogen (secondary N) is 1. The Labute approximate surface area is 142 Å². The fourth-order valence-electron chi connectivity index (χ4n) is 3.39. The topological polar surface area (TPSA) is 61.2 Å². The lowest BCUT2D eigenvalue weighted by Crippen LogP contribution is -2.41. The summed E-state index contributed by atoms with van der Waals surface area (Å²) in [4.78, 5) is 4.78. The summed E-state index contributed by atoms with van der Waals surface area (Å²) in [6, 6.07) is 4.53. The summed E-state index contributed by atoms with van der Waals surface area (Å²) in [5, 5.41) is 7.79. The monoisotopic (exact) mass is 328 g/mol.